The zero-order valence-electron chi connectivity index (χ0n) is 14.6. The molecular formula is C19H22N2O5. The van der Waals surface area contributed by atoms with Gasteiger partial charge in [-0.25, -0.2) is 0 Å². The summed E-state index contributed by atoms with van der Waals surface area (Å²) in [6.45, 7) is 2.69. The van der Waals surface area contributed by atoms with E-state index in [1.807, 2.05) is 30.3 Å². The number of nitrogens with one attached hydrogen (secondary N) is 2. The van der Waals surface area contributed by atoms with E-state index in [2.05, 4.69) is 10.9 Å². The van der Waals surface area contributed by atoms with Crippen LogP contribution in [0.4, 0.5) is 0 Å². The lowest BCUT2D eigenvalue weighted by Gasteiger charge is -2.12. The van der Waals surface area contributed by atoms with Crippen molar-refractivity contribution in [2.24, 2.45) is 0 Å². The van der Waals surface area contributed by atoms with Crippen LogP contribution in [0.3, 0.4) is 0 Å². The maximum absolute atomic E-state index is 12.2. The molecule has 2 amide bonds. The number of amides is 2. The second-order valence-electron chi connectivity index (χ2n) is 5.15. The van der Waals surface area contributed by atoms with Crippen LogP contribution in [0, 0.1) is 0 Å². The third-order valence-electron chi connectivity index (χ3n) is 3.24. The quantitative estimate of drug-likeness (QED) is 0.529. The molecule has 0 aliphatic heterocycles. The first-order valence-corrected chi connectivity index (χ1v) is 8.27. The fourth-order valence-corrected chi connectivity index (χ4v) is 2.03. The monoisotopic (exact) mass is 358 g/mol. The summed E-state index contributed by atoms with van der Waals surface area (Å²) in [7, 11) is 0. The Kier molecular flexibility index (Phi) is 7.95. The first kappa shape index (κ1) is 19.3. The van der Waals surface area contributed by atoms with Crippen LogP contribution in [-0.2, 0) is 9.53 Å². The second kappa shape index (κ2) is 10.7. The Morgan fingerprint density at radius 1 is 0.885 bits per heavy atom. The van der Waals surface area contributed by atoms with Crippen molar-refractivity contribution in [3.05, 3.63) is 60.2 Å². The van der Waals surface area contributed by atoms with Crippen LogP contribution < -0.4 is 20.3 Å². The molecule has 0 saturated heterocycles. The van der Waals surface area contributed by atoms with Gasteiger partial charge in [-0.05, 0) is 31.2 Å². The van der Waals surface area contributed by atoms with Gasteiger partial charge in [-0.3, -0.25) is 20.4 Å². The standard InChI is InChI=1S/C19H22N2O5/c1-2-24-14-18(22)20-21-19(23)16-10-6-7-11-17(16)26-13-12-25-15-8-4-3-5-9-15/h3-11H,2,12-14H2,1H3,(H,20,22)(H,21,23). The molecule has 0 bridgehead atoms. The maximum Gasteiger partial charge on any atom is 0.273 e. The van der Waals surface area contributed by atoms with E-state index in [9.17, 15) is 9.59 Å². The summed E-state index contributed by atoms with van der Waals surface area (Å²) >= 11 is 0. The highest BCUT2D eigenvalue weighted by Crippen LogP contribution is 2.17. The van der Waals surface area contributed by atoms with Crippen LogP contribution in [-0.4, -0.2) is 38.2 Å². The Balaban J connectivity index is 1.82. The van der Waals surface area contributed by atoms with Crippen molar-refractivity contribution in [1.29, 1.82) is 0 Å². The first-order valence-electron chi connectivity index (χ1n) is 8.27. The van der Waals surface area contributed by atoms with Gasteiger partial charge in [0.1, 0.15) is 31.3 Å². The van der Waals surface area contributed by atoms with Crippen LogP contribution in [0.2, 0.25) is 0 Å². The lowest BCUT2D eigenvalue weighted by Crippen LogP contribution is -2.43. The highest BCUT2D eigenvalue weighted by Gasteiger charge is 2.13. The number of carbonyl (C=O) groups is 2. The van der Waals surface area contributed by atoms with Crippen LogP contribution in [0.5, 0.6) is 11.5 Å². The van der Waals surface area contributed by atoms with Crippen molar-refractivity contribution < 1.29 is 23.8 Å². The molecule has 0 heterocycles. The van der Waals surface area contributed by atoms with E-state index in [-0.39, 0.29) is 13.2 Å². The first-order chi connectivity index (χ1) is 12.7. The summed E-state index contributed by atoms with van der Waals surface area (Å²) in [5.41, 5.74) is 4.93. The van der Waals surface area contributed by atoms with Gasteiger partial charge >= 0.3 is 0 Å². The van der Waals surface area contributed by atoms with Gasteiger partial charge < -0.3 is 14.2 Å². The van der Waals surface area contributed by atoms with Crippen LogP contribution in [0.25, 0.3) is 0 Å². The summed E-state index contributed by atoms with van der Waals surface area (Å²) in [6.07, 6.45) is 0. The highest BCUT2D eigenvalue weighted by molar-refractivity contribution is 5.97. The van der Waals surface area contributed by atoms with E-state index in [4.69, 9.17) is 14.2 Å². The van der Waals surface area contributed by atoms with Gasteiger partial charge in [0, 0.05) is 6.61 Å². The van der Waals surface area contributed by atoms with Gasteiger partial charge in [0.2, 0.25) is 0 Å². The Morgan fingerprint density at radius 2 is 1.58 bits per heavy atom. The summed E-state index contributed by atoms with van der Waals surface area (Å²) in [5, 5.41) is 0. The smallest absolute Gasteiger partial charge is 0.273 e. The predicted molar refractivity (Wildman–Crippen MR) is 96.0 cm³/mol. The Morgan fingerprint density at radius 3 is 2.35 bits per heavy atom. The van der Waals surface area contributed by atoms with E-state index < -0.39 is 11.8 Å². The molecule has 26 heavy (non-hydrogen) atoms. The lowest BCUT2D eigenvalue weighted by molar-refractivity contribution is -0.126. The summed E-state index contributed by atoms with van der Waals surface area (Å²) < 4.78 is 16.1. The number of para-hydroxylation sites is 2. The van der Waals surface area contributed by atoms with Gasteiger partial charge in [-0.2, -0.15) is 0 Å². The van der Waals surface area contributed by atoms with Crippen molar-refractivity contribution in [2.45, 2.75) is 6.92 Å². The Labute approximate surface area is 152 Å². The number of hydrogen-bond donors (Lipinski definition) is 2. The molecule has 0 spiro atoms. The topological polar surface area (TPSA) is 85.9 Å². The minimum absolute atomic E-state index is 0.119. The number of ether oxygens (including phenoxy) is 3. The largest absolute Gasteiger partial charge is 0.490 e. The number of carbonyl (C=O) groups excluding carboxylic acids is 2. The molecule has 0 atom stereocenters. The molecule has 0 radical (unpaired) electrons. The van der Waals surface area contributed by atoms with E-state index in [0.29, 0.717) is 24.5 Å². The Bertz CT molecular complexity index is 706. The molecule has 2 rings (SSSR count). The summed E-state index contributed by atoms with van der Waals surface area (Å²) in [5.74, 6) is 0.240. The lowest BCUT2D eigenvalue weighted by atomic mass is 10.2. The SMILES string of the molecule is CCOCC(=O)NNC(=O)c1ccccc1OCCOc1ccccc1. The average Bonchev–Trinajstić information content (AvgIpc) is 2.69. The van der Waals surface area contributed by atoms with E-state index in [0.717, 1.165) is 5.75 Å². The molecule has 0 aliphatic rings. The fraction of sp³-hybridized carbons (Fsp3) is 0.263. The molecule has 2 aromatic rings. The minimum atomic E-state index is -0.477. The van der Waals surface area contributed by atoms with Crippen LogP contribution >= 0.6 is 0 Å². The normalized spacial score (nSPS) is 10.0. The Hall–Kier alpha value is -3.06. The van der Waals surface area contributed by atoms with Crippen molar-refractivity contribution in [3.63, 3.8) is 0 Å². The number of hydrogen-bond acceptors (Lipinski definition) is 5. The van der Waals surface area contributed by atoms with Crippen LogP contribution in [0.1, 0.15) is 17.3 Å². The van der Waals surface area contributed by atoms with Crippen LogP contribution in [0.15, 0.2) is 54.6 Å². The molecule has 0 unspecified atom stereocenters. The molecule has 0 fully saturated rings. The molecule has 138 valence electrons. The third kappa shape index (κ3) is 6.45. The number of hydrazine groups is 1. The van der Waals surface area contributed by atoms with E-state index in [1.54, 1.807) is 31.2 Å². The van der Waals surface area contributed by atoms with Gasteiger partial charge in [-0.15, -0.1) is 0 Å². The molecule has 7 nitrogen and oxygen atoms in total. The predicted octanol–water partition coefficient (Wildman–Crippen LogP) is 1.94. The van der Waals surface area contributed by atoms with Gasteiger partial charge in [0.15, 0.2) is 0 Å². The number of benzene rings is 2. The van der Waals surface area contributed by atoms with Gasteiger partial charge in [-0.1, -0.05) is 30.3 Å². The zero-order chi connectivity index (χ0) is 18.6. The highest BCUT2D eigenvalue weighted by atomic mass is 16.5. The minimum Gasteiger partial charge on any atom is -0.490 e. The molecular weight excluding hydrogens is 336 g/mol. The van der Waals surface area contributed by atoms with Crippen molar-refractivity contribution >= 4 is 11.8 Å². The third-order valence-corrected chi connectivity index (χ3v) is 3.24. The maximum atomic E-state index is 12.2. The zero-order valence-corrected chi connectivity index (χ0v) is 14.6. The summed E-state index contributed by atoms with van der Waals surface area (Å²) in [4.78, 5) is 23.7. The van der Waals surface area contributed by atoms with Crippen molar-refractivity contribution in [3.8, 4) is 11.5 Å². The molecule has 7 heteroatoms. The molecule has 2 N–H and O–H groups in total. The van der Waals surface area contributed by atoms with Crippen molar-refractivity contribution in [2.75, 3.05) is 26.4 Å². The molecule has 2 aromatic carbocycles. The van der Waals surface area contributed by atoms with Crippen molar-refractivity contribution in [1.82, 2.24) is 10.9 Å². The second-order valence-corrected chi connectivity index (χ2v) is 5.15. The van der Waals surface area contributed by atoms with Gasteiger partial charge in [0.25, 0.3) is 11.8 Å². The molecule has 0 saturated carbocycles. The molecule has 0 aromatic heterocycles. The van der Waals surface area contributed by atoms with Gasteiger partial charge in [0.05, 0.1) is 5.56 Å². The average molecular weight is 358 g/mol. The number of rotatable bonds is 9. The fourth-order valence-electron chi connectivity index (χ4n) is 2.03. The van der Waals surface area contributed by atoms with E-state index in [1.165, 1.54) is 0 Å². The molecule has 0 aliphatic carbocycles. The van der Waals surface area contributed by atoms with E-state index >= 15 is 0 Å². The summed E-state index contributed by atoms with van der Waals surface area (Å²) in [6, 6.07) is 16.1.